The summed E-state index contributed by atoms with van der Waals surface area (Å²) in [6, 6.07) is 0. The Morgan fingerprint density at radius 3 is 2.67 bits per heavy atom. The fraction of sp³-hybridized carbons (Fsp3) is 0.938. The Labute approximate surface area is 112 Å². The van der Waals surface area contributed by atoms with Crippen LogP contribution in [-0.2, 0) is 9.53 Å². The highest BCUT2D eigenvalue weighted by molar-refractivity contribution is 5.72. The average molecular weight is 254 g/mol. The first-order valence-electron chi connectivity index (χ1n) is 7.89. The first-order valence-corrected chi connectivity index (χ1v) is 7.89. The maximum Gasteiger partial charge on any atom is 0.308 e. The molecule has 1 aliphatic rings. The summed E-state index contributed by atoms with van der Waals surface area (Å²) in [6.45, 7) is 6.25. The van der Waals surface area contributed by atoms with Crippen molar-refractivity contribution in [1.82, 2.24) is 0 Å². The largest absolute Gasteiger partial charge is 0.462 e. The number of hydrogen-bond donors (Lipinski definition) is 0. The van der Waals surface area contributed by atoms with E-state index in [0.29, 0.717) is 5.92 Å². The maximum atomic E-state index is 11.8. The smallest absolute Gasteiger partial charge is 0.308 e. The van der Waals surface area contributed by atoms with Crippen molar-refractivity contribution in [1.29, 1.82) is 0 Å². The summed E-state index contributed by atoms with van der Waals surface area (Å²) >= 11 is 0. The van der Waals surface area contributed by atoms with Crippen molar-refractivity contribution in [2.45, 2.75) is 84.7 Å². The van der Waals surface area contributed by atoms with Gasteiger partial charge in [0.2, 0.25) is 0 Å². The van der Waals surface area contributed by atoms with Crippen LogP contribution in [0.3, 0.4) is 0 Å². The minimum absolute atomic E-state index is 0.0166. The van der Waals surface area contributed by atoms with Gasteiger partial charge in [0.05, 0.1) is 5.92 Å². The number of unbranched alkanes of at least 4 members (excludes halogenated alkanes) is 3. The van der Waals surface area contributed by atoms with Crippen LogP contribution in [0.5, 0.6) is 0 Å². The van der Waals surface area contributed by atoms with Crippen molar-refractivity contribution in [3.05, 3.63) is 0 Å². The molecule has 1 saturated carbocycles. The van der Waals surface area contributed by atoms with Crippen LogP contribution in [0.4, 0.5) is 0 Å². The monoisotopic (exact) mass is 254 g/mol. The summed E-state index contributed by atoms with van der Waals surface area (Å²) in [5, 5.41) is 0. The number of carbonyl (C=O) groups is 1. The first-order chi connectivity index (χ1) is 8.69. The summed E-state index contributed by atoms with van der Waals surface area (Å²) in [4.78, 5) is 11.8. The Bertz CT molecular complexity index is 237. The number of esters is 1. The van der Waals surface area contributed by atoms with Gasteiger partial charge in [0.25, 0.3) is 0 Å². The topological polar surface area (TPSA) is 26.3 Å². The van der Waals surface area contributed by atoms with E-state index in [4.69, 9.17) is 4.74 Å². The van der Waals surface area contributed by atoms with E-state index in [0.717, 1.165) is 12.8 Å². The molecule has 18 heavy (non-hydrogen) atoms. The van der Waals surface area contributed by atoms with Crippen molar-refractivity contribution < 1.29 is 9.53 Å². The van der Waals surface area contributed by atoms with Gasteiger partial charge in [-0.05, 0) is 38.0 Å². The summed E-state index contributed by atoms with van der Waals surface area (Å²) in [7, 11) is 0. The van der Waals surface area contributed by atoms with Gasteiger partial charge < -0.3 is 4.74 Å². The zero-order chi connectivity index (χ0) is 13.4. The molecule has 3 atom stereocenters. The summed E-state index contributed by atoms with van der Waals surface area (Å²) in [5.74, 6) is 0.712. The van der Waals surface area contributed by atoms with Gasteiger partial charge in [-0.15, -0.1) is 0 Å². The van der Waals surface area contributed by atoms with Crippen LogP contribution < -0.4 is 0 Å². The predicted octanol–water partition coefficient (Wildman–Crippen LogP) is 4.71. The third-order valence-electron chi connectivity index (χ3n) is 4.30. The summed E-state index contributed by atoms with van der Waals surface area (Å²) < 4.78 is 5.69. The molecular weight excluding hydrogens is 224 g/mol. The lowest BCUT2D eigenvalue weighted by Gasteiger charge is -2.21. The Morgan fingerprint density at radius 1 is 1.22 bits per heavy atom. The number of hydrogen-bond acceptors (Lipinski definition) is 2. The Morgan fingerprint density at radius 2 is 2.00 bits per heavy atom. The Balaban J connectivity index is 2.28. The zero-order valence-corrected chi connectivity index (χ0v) is 12.4. The molecule has 3 unspecified atom stereocenters. The van der Waals surface area contributed by atoms with E-state index < -0.39 is 0 Å². The average Bonchev–Trinajstić information content (AvgIpc) is 2.81. The van der Waals surface area contributed by atoms with Crippen molar-refractivity contribution >= 4 is 5.97 Å². The quantitative estimate of drug-likeness (QED) is 0.463. The van der Waals surface area contributed by atoms with Crippen molar-refractivity contribution in [2.75, 3.05) is 0 Å². The van der Waals surface area contributed by atoms with Crippen LogP contribution in [0.2, 0.25) is 0 Å². The Hall–Kier alpha value is -0.530. The van der Waals surface area contributed by atoms with E-state index in [2.05, 4.69) is 6.92 Å². The third kappa shape index (κ3) is 4.99. The van der Waals surface area contributed by atoms with E-state index in [1.165, 1.54) is 44.9 Å². The lowest BCUT2D eigenvalue weighted by atomic mass is 9.97. The van der Waals surface area contributed by atoms with E-state index in [-0.39, 0.29) is 18.0 Å². The fourth-order valence-corrected chi connectivity index (χ4v) is 2.75. The van der Waals surface area contributed by atoms with Crippen molar-refractivity contribution in [3.8, 4) is 0 Å². The molecule has 0 spiro atoms. The molecule has 1 fully saturated rings. The number of carbonyl (C=O) groups excluding carboxylic acids is 1. The van der Waals surface area contributed by atoms with Crippen molar-refractivity contribution in [2.24, 2.45) is 11.8 Å². The molecule has 0 aromatic heterocycles. The Kier molecular flexibility index (Phi) is 7.38. The van der Waals surface area contributed by atoms with E-state index in [9.17, 15) is 4.79 Å². The molecule has 106 valence electrons. The van der Waals surface area contributed by atoms with E-state index in [1.807, 2.05) is 13.8 Å². The van der Waals surface area contributed by atoms with Crippen LogP contribution in [0.25, 0.3) is 0 Å². The molecule has 1 aliphatic carbocycles. The summed E-state index contributed by atoms with van der Waals surface area (Å²) in [5.41, 5.74) is 0. The van der Waals surface area contributed by atoms with Crippen LogP contribution in [-0.4, -0.2) is 12.1 Å². The predicted molar refractivity (Wildman–Crippen MR) is 75.4 cm³/mol. The van der Waals surface area contributed by atoms with Gasteiger partial charge in [-0.3, -0.25) is 4.79 Å². The summed E-state index contributed by atoms with van der Waals surface area (Å²) in [6.07, 6.45) is 11.2. The van der Waals surface area contributed by atoms with Crippen LogP contribution >= 0.6 is 0 Å². The zero-order valence-electron chi connectivity index (χ0n) is 12.4. The maximum absolute atomic E-state index is 11.8. The van der Waals surface area contributed by atoms with Gasteiger partial charge in [0, 0.05) is 0 Å². The second-order valence-corrected chi connectivity index (χ2v) is 5.82. The second kappa shape index (κ2) is 8.55. The van der Waals surface area contributed by atoms with Crippen LogP contribution in [0.15, 0.2) is 0 Å². The molecule has 0 heterocycles. The standard InChI is InChI=1S/C16H30O2/c1-4-6-7-8-10-14-11-9-12-15(14)18-16(17)13(3)5-2/h13-15H,4-12H2,1-3H3. The molecular formula is C16H30O2. The number of ether oxygens (including phenoxy) is 1. The fourth-order valence-electron chi connectivity index (χ4n) is 2.75. The van der Waals surface area contributed by atoms with Gasteiger partial charge in [0.1, 0.15) is 6.10 Å². The first kappa shape index (κ1) is 15.5. The SMILES string of the molecule is CCCCCCC1CCCC1OC(=O)C(C)CC. The molecule has 0 bridgehead atoms. The molecule has 0 amide bonds. The molecule has 0 saturated heterocycles. The second-order valence-electron chi connectivity index (χ2n) is 5.82. The van der Waals surface area contributed by atoms with Gasteiger partial charge in [0.15, 0.2) is 0 Å². The normalized spacial score (nSPS) is 25.1. The highest BCUT2D eigenvalue weighted by Gasteiger charge is 2.30. The van der Waals surface area contributed by atoms with Crippen LogP contribution in [0.1, 0.15) is 78.6 Å². The molecule has 2 heteroatoms. The molecule has 0 aromatic rings. The molecule has 1 rings (SSSR count). The molecule has 0 aliphatic heterocycles. The molecule has 0 aromatic carbocycles. The van der Waals surface area contributed by atoms with Gasteiger partial charge in [-0.25, -0.2) is 0 Å². The minimum Gasteiger partial charge on any atom is -0.462 e. The molecule has 0 N–H and O–H groups in total. The van der Waals surface area contributed by atoms with E-state index >= 15 is 0 Å². The highest BCUT2D eigenvalue weighted by Crippen LogP contribution is 2.33. The highest BCUT2D eigenvalue weighted by atomic mass is 16.5. The molecule has 2 nitrogen and oxygen atoms in total. The van der Waals surface area contributed by atoms with E-state index in [1.54, 1.807) is 0 Å². The third-order valence-corrected chi connectivity index (χ3v) is 4.30. The lowest BCUT2D eigenvalue weighted by Crippen LogP contribution is -2.25. The van der Waals surface area contributed by atoms with Crippen molar-refractivity contribution in [3.63, 3.8) is 0 Å². The van der Waals surface area contributed by atoms with Crippen LogP contribution in [0, 0.1) is 11.8 Å². The van der Waals surface area contributed by atoms with Gasteiger partial charge >= 0.3 is 5.97 Å². The van der Waals surface area contributed by atoms with Gasteiger partial charge in [-0.1, -0.05) is 46.5 Å². The minimum atomic E-state index is 0.0166. The molecule has 0 radical (unpaired) electrons. The lowest BCUT2D eigenvalue weighted by molar-refractivity contribution is -0.155. The number of rotatable bonds is 8. The van der Waals surface area contributed by atoms with Gasteiger partial charge in [-0.2, -0.15) is 0 Å².